The van der Waals surface area contributed by atoms with E-state index in [2.05, 4.69) is 0 Å². The lowest BCUT2D eigenvalue weighted by atomic mass is 9.80. The average Bonchev–Trinajstić information content (AvgIpc) is 2.73. The highest BCUT2D eigenvalue weighted by atomic mass is 16.7. The Morgan fingerprint density at radius 3 is 2.73 bits per heavy atom. The third-order valence-electron chi connectivity index (χ3n) is 4.57. The minimum absolute atomic E-state index is 0.0815. The molecule has 0 aromatic heterocycles. The van der Waals surface area contributed by atoms with Crippen molar-refractivity contribution in [2.45, 2.75) is 64.8 Å². The fourth-order valence-corrected chi connectivity index (χ4v) is 3.49. The highest BCUT2D eigenvalue weighted by molar-refractivity contribution is 5.88. The van der Waals surface area contributed by atoms with E-state index in [1.807, 2.05) is 46.8 Å². The van der Waals surface area contributed by atoms with Gasteiger partial charge in [-0.2, -0.15) is 5.06 Å². The standard InChI is InChI=1S/C16H24N2O4/c1-14(2,3)22-13(20)17-11-7-9-16(17)8-6-10-21-18(16)12(19)15(11,4)5/h7,9,11H,6,8,10H2,1-5H3/t11-,16-/m1/s1. The first kappa shape index (κ1) is 15.3. The number of amides is 2. The van der Waals surface area contributed by atoms with E-state index in [9.17, 15) is 9.59 Å². The van der Waals surface area contributed by atoms with Crippen LogP contribution in [0.3, 0.4) is 0 Å². The molecule has 2 amide bonds. The summed E-state index contributed by atoms with van der Waals surface area (Å²) in [5.41, 5.74) is -2.16. The zero-order chi connectivity index (χ0) is 16.3. The molecule has 0 N–H and O–H groups in total. The first-order chi connectivity index (χ1) is 10.1. The van der Waals surface area contributed by atoms with Crippen LogP contribution in [-0.4, -0.2) is 45.9 Å². The first-order valence-corrected chi connectivity index (χ1v) is 7.79. The Kier molecular flexibility index (Phi) is 3.12. The van der Waals surface area contributed by atoms with Crippen molar-refractivity contribution in [1.82, 2.24) is 9.96 Å². The van der Waals surface area contributed by atoms with Crippen LogP contribution in [0.15, 0.2) is 12.2 Å². The summed E-state index contributed by atoms with van der Waals surface area (Å²) in [6.45, 7) is 9.70. The van der Waals surface area contributed by atoms with Crippen LogP contribution in [0, 0.1) is 5.41 Å². The van der Waals surface area contributed by atoms with Crippen LogP contribution < -0.4 is 0 Å². The van der Waals surface area contributed by atoms with Crippen molar-refractivity contribution < 1.29 is 19.2 Å². The molecule has 22 heavy (non-hydrogen) atoms. The van der Waals surface area contributed by atoms with Crippen LogP contribution >= 0.6 is 0 Å². The molecule has 122 valence electrons. The number of rotatable bonds is 0. The van der Waals surface area contributed by atoms with E-state index in [4.69, 9.17) is 9.57 Å². The van der Waals surface area contributed by atoms with E-state index in [0.29, 0.717) is 13.0 Å². The number of ether oxygens (including phenoxy) is 1. The zero-order valence-electron chi connectivity index (χ0n) is 13.9. The zero-order valence-corrected chi connectivity index (χ0v) is 13.9. The van der Waals surface area contributed by atoms with E-state index >= 15 is 0 Å². The lowest BCUT2D eigenvalue weighted by Crippen LogP contribution is -2.73. The van der Waals surface area contributed by atoms with Gasteiger partial charge in [-0.25, -0.2) is 4.79 Å². The summed E-state index contributed by atoms with van der Waals surface area (Å²) in [4.78, 5) is 32.9. The molecule has 0 radical (unpaired) electrons. The Labute approximate surface area is 131 Å². The van der Waals surface area contributed by atoms with E-state index < -0.39 is 22.8 Å². The molecule has 1 spiro atoms. The van der Waals surface area contributed by atoms with Crippen LogP contribution in [0.5, 0.6) is 0 Å². The van der Waals surface area contributed by atoms with Crippen LogP contribution in [0.2, 0.25) is 0 Å². The lowest BCUT2D eigenvalue weighted by Gasteiger charge is -2.56. The normalized spacial score (nSPS) is 33.0. The maximum absolute atomic E-state index is 12.8. The smallest absolute Gasteiger partial charge is 0.413 e. The van der Waals surface area contributed by atoms with E-state index in [0.717, 1.165) is 6.42 Å². The van der Waals surface area contributed by atoms with Gasteiger partial charge in [-0.05, 0) is 53.5 Å². The van der Waals surface area contributed by atoms with Crippen molar-refractivity contribution in [3.05, 3.63) is 12.2 Å². The Morgan fingerprint density at radius 1 is 1.41 bits per heavy atom. The molecule has 3 aliphatic heterocycles. The number of fused-ring (bicyclic) bond motifs is 1. The van der Waals surface area contributed by atoms with Gasteiger partial charge in [0, 0.05) is 0 Å². The predicted molar refractivity (Wildman–Crippen MR) is 79.5 cm³/mol. The minimum Gasteiger partial charge on any atom is -0.444 e. The van der Waals surface area contributed by atoms with Gasteiger partial charge in [-0.15, -0.1) is 0 Å². The summed E-state index contributed by atoms with van der Waals surface area (Å²) in [5.74, 6) is -0.0815. The quantitative estimate of drug-likeness (QED) is 0.645. The summed E-state index contributed by atoms with van der Waals surface area (Å²) in [6.07, 6.45) is 4.92. The first-order valence-electron chi connectivity index (χ1n) is 7.79. The van der Waals surface area contributed by atoms with Crippen molar-refractivity contribution in [2.75, 3.05) is 6.61 Å². The Bertz CT molecular complexity index is 549. The van der Waals surface area contributed by atoms with Crippen molar-refractivity contribution in [3.63, 3.8) is 0 Å². The average molecular weight is 308 g/mol. The Hall–Kier alpha value is -1.56. The van der Waals surface area contributed by atoms with E-state index in [1.165, 1.54) is 5.06 Å². The van der Waals surface area contributed by atoms with Gasteiger partial charge in [-0.1, -0.05) is 6.08 Å². The number of hydroxylamine groups is 2. The molecule has 6 heteroatoms. The second-order valence-electron chi connectivity index (χ2n) is 7.79. The highest BCUT2D eigenvalue weighted by Crippen LogP contribution is 2.50. The van der Waals surface area contributed by atoms with Gasteiger partial charge in [0.15, 0.2) is 5.66 Å². The second-order valence-corrected chi connectivity index (χ2v) is 7.79. The molecule has 2 fully saturated rings. The van der Waals surface area contributed by atoms with E-state index in [-0.39, 0.29) is 11.9 Å². The Morgan fingerprint density at radius 2 is 2.09 bits per heavy atom. The molecule has 3 heterocycles. The monoisotopic (exact) mass is 308 g/mol. The summed E-state index contributed by atoms with van der Waals surface area (Å²) < 4.78 is 5.58. The molecule has 0 saturated carbocycles. The van der Waals surface area contributed by atoms with Gasteiger partial charge in [0.1, 0.15) is 5.60 Å². The number of nitrogens with zero attached hydrogens (tertiary/aromatic N) is 2. The highest BCUT2D eigenvalue weighted by Gasteiger charge is 2.64. The third kappa shape index (κ3) is 1.96. The van der Waals surface area contributed by atoms with Crippen LogP contribution in [0.1, 0.15) is 47.5 Å². The molecule has 3 rings (SSSR count). The predicted octanol–water partition coefficient (Wildman–Crippen LogP) is 2.45. The number of carbonyl (C=O) groups is 2. The van der Waals surface area contributed by atoms with Gasteiger partial charge in [0.05, 0.1) is 18.1 Å². The van der Waals surface area contributed by atoms with Gasteiger partial charge in [0.2, 0.25) is 0 Å². The SMILES string of the molecule is CC(C)(C)OC(=O)N1[C@@H]2C=C[C@]13CCCON3C(=O)C2(C)C. The van der Waals surface area contributed by atoms with Crippen LogP contribution in [-0.2, 0) is 14.4 Å². The van der Waals surface area contributed by atoms with Crippen LogP contribution in [0.25, 0.3) is 0 Å². The molecule has 2 atom stereocenters. The fraction of sp³-hybridized carbons (Fsp3) is 0.750. The lowest BCUT2D eigenvalue weighted by molar-refractivity contribution is -0.282. The van der Waals surface area contributed by atoms with Gasteiger partial charge in [-0.3, -0.25) is 14.5 Å². The fourth-order valence-electron chi connectivity index (χ4n) is 3.49. The molecule has 6 nitrogen and oxygen atoms in total. The molecule has 3 aliphatic rings. The summed E-state index contributed by atoms with van der Waals surface area (Å²) >= 11 is 0. The maximum atomic E-state index is 12.8. The largest absolute Gasteiger partial charge is 0.444 e. The summed E-state index contributed by atoms with van der Waals surface area (Å²) in [5, 5.41) is 1.39. The van der Waals surface area contributed by atoms with Gasteiger partial charge < -0.3 is 4.74 Å². The molecule has 0 aliphatic carbocycles. The molecule has 0 aromatic carbocycles. The van der Waals surface area contributed by atoms with E-state index in [1.54, 1.807) is 4.90 Å². The number of hydrogen-bond donors (Lipinski definition) is 0. The minimum atomic E-state index is -0.835. The van der Waals surface area contributed by atoms with Gasteiger partial charge in [0.25, 0.3) is 5.91 Å². The molecular weight excluding hydrogens is 284 g/mol. The molecule has 2 bridgehead atoms. The Balaban J connectivity index is 2.03. The van der Waals surface area contributed by atoms with Crippen molar-refractivity contribution in [3.8, 4) is 0 Å². The van der Waals surface area contributed by atoms with Crippen molar-refractivity contribution in [1.29, 1.82) is 0 Å². The van der Waals surface area contributed by atoms with Crippen molar-refractivity contribution >= 4 is 12.0 Å². The van der Waals surface area contributed by atoms with Crippen molar-refractivity contribution in [2.24, 2.45) is 5.41 Å². The third-order valence-corrected chi connectivity index (χ3v) is 4.57. The van der Waals surface area contributed by atoms with Crippen LogP contribution in [0.4, 0.5) is 4.79 Å². The topological polar surface area (TPSA) is 59.1 Å². The van der Waals surface area contributed by atoms with Gasteiger partial charge >= 0.3 is 6.09 Å². The molecule has 0 aromatic rings. The number of carbonyl (C=O) groups excluding carboxylic acids is 2. The summed E-state index contributed by atoms with van der Waals surface area (Å²) in [7, 11) is 0. The summed E-state index contributed by atoms with van der Waals surface area (Å²) in [6, 6.07) is -0.312. The molecular formula is C16H24N2O4. The maximum Gasteiger partial charge on any atom is 0.413 e. The molecule has 0 unspecified atom stereocenters. The second kappa shape index (κ2) is 4.47. The number of hydrogen-bond acceptors (Lipinski definition) is 4. The molecule has 2 saturated heterocycles.